The molecule has 2 aromatic heterocycles. The van der Waals surface area contributed by atoms with Crippen LogP contribution in [0.5, 0.6) is 23.0 Å². The number of oxazole rings is 1. The number of nitrogens with one attached hydrogen (secondary N) is 2. The summed E-state index contributed by atoms with van der Waals surface area (Å²) >= 11 is 0. The molecule has 0 saturated carbocycles. The zero-order valence-corrected chi connectivity index (χ0v) is 25.6. The van der Waals surface area contributed by atoms with Crippen molar-refractivity contribution in [1.29, 1.82) is 0 Å². The minimum atomic E-state index is -0.856. The molecule has 1 aliphatic heterocycles. The molecule has 3 aromatic carbocycles. The monoisotopic (exact) mass is 612 g/mol. The zero-order chi connectivity index (χ0) is 31.7. The first-order valence-corrected chi connectivity index (χ1v) is 14.4. The molecule has 2 N–H and O–H groups in total. The van der Waals surface area contributed by atoms with Crippen molar-refractivity contribution in [2.75, 3.05) is 38.4 Å². The number of carbonyl (C=O) groups excluding carboxylic acids is 1. The lowest BCUT2D eigenvalue weighted by Gasteiger charge is -2.17. The van der Waals surface area contributed by atoms with E-state index in [1.54, 1.807) is 32.2 Å². The van der Waals surface area contributed by atoms with Gasteiger partial charge in [0.1, 0.15) is 40.7 Å². The zero-order valence-electron chi connectivity index (χ0n) is 25.6. The van der Waals surface area contributed by atoms with Crippen molar-refractivity contribution in [1.82, 2.24) is 19.9 Å². The van der Waals surface area contributed by atoms with Gasteiger partial charge < -0.3 is 29.3 Å². The van der Waals surface area contributed by atoms with E-state index in [9.17, 15) is 9.18 Å². The number of likely N-dealkylation sites (tertiary alicyclic amines) is 1. The smallest absolute Gasteiger partial charge is 0.284 e. The molecular weight excluding hydrogens is 579 g/mol. The first-order valence-electron chi connectivity index (χ1n) is 14.4. The van der Waals surface area contributed by atoms with Gasteiger partial charge in [-0.1, -0.05) is 0 Å². The summed E-state index contributed by atoms with van der Waals surface area (Å²) in [5, 5.41) is 6.54. The van der Waals surface area contributed by atoms with E-state index in [4.69, 9.17) is 18.6 Å². The van der Waals surface area contributed by atoms with Gasteiger partial charge in [0, 0.05) is 36.6 Å². The number of amides is 1. The summed E-state index contributed by atoms with van der Waals surface area (Å²) in [5.41, 5.74) is 3.68. The second kappa shape index (κ2) is 12.4. The Labute approximate surface area is 259 Å². The number of halogens is 1. The number of anilines is 3. The van der Waals surface area contributed by atoms with Gasteiger partial charge in [-0.3, -0.25) is 9.69 Å². The molecule has 6 rings (SSSR count). The van der Waals surface area contributed by atoms with Gasteiger partial charge >= 0.3 is 0 Å². The fraction of sp³-hybridized carbons (Fsp3) is 0.273. The van der Waals surface area contributed by atoms with Gasteiger partial charge in [-0.05, 0) is 69.3 Å². The predicted molar refractivity (Wildman–Crippen MR) is 169 cm³/mol. The largest absolute Gasteiger partial charge is 0.494 e. The third-order valence-electron chi connectivity index (χ3n) is 7.78. The third kappa shape index (κ3) is 6.22. The Morgan fingerprint density at radius 1 is 1.02 bits per heavy atom. The standard InChI is InChI=1S/C33H33FN6O5/c1-18-11-25(31(43-5)16-29(18)45-21-8-9-28-26(13-21)37-19(2)44-28)38-32-22-14-27(30(42-4)15-24(22)35-17-36-32)39-33(41)23(34)12-20-7-6-10-40(20)3/h8-9,11-17,20H,6-7,10H2,1-5H3,(H,39,41)(H,35,36,38)/b23-12-. The van der Waals surface area contributed by atoms with Gasteiger partial charge in [0.25, 0.3) is 5.91 Å². The Bertz CT molecular complexity index is 1940. The molecule has 1 amide bonds. The minimum Gasteiger partial charge on any atom is -0.494 e. The first-order chi connectivity index (χ1) is 21.7. The molecule has 1 unspecified atom stereocenters. The lowest BCUT2D eigenvalue weighted by Crippen LogP contribution is -2.24. The van der Waals surface area contributed by atoms with Crippen molar-refractivity contribution >= 4 is 45.1 Å². The van der Waals surface area contributed by atoms with E-state index in [2.05, 4.69) is 25.6 Å². The topological polar surface area (TPSA) is 124 Å². The number of hydrogen-bond donors (Lipinski definition) is 2. The molecular formula is C33H33FN6O5. The fourth-order valence-corrected chi connectivity index (χ4v) is 5.41. The molecule has 1 fully saturated rings. The number of ether oxygens (including phenoxy) is 3. The van der Waals surface area contributed by atoms with Crippen molar-refractivity contribution in [2.24, 2.45) is 0 Å². The number of hydrogen-bond acceptors (Lipinski definition) is 10. The van der Waals surface area contributed by atoms with E-state index in [0.29, 0.717) is 62.4 Å². The summed E-state index contributed by atoms with van der Waals surface area (Å²) in [6, 6.07) is 12.3. The second-order valence-electron chi connectivity index (χ2n) is 10.9. The van der Waals surface area contributed by atoms with E-state index in [1.807, 2.05) is 43.1 Å². The van der Waals surface area contributed by atoms with Crippen LogP contribution in [-0.4, -0.2) is 59.6 Å². The molecule has 0 spiro atoms. The normalized spacial score (nSPS) is 15.4. The van der Waals surface area contributed by atoms with Crippen molar-refractivity contribution in [3.05, 3.63) is 72.1 Å². The Hall–Kier alpha value is -5.23. The molecule has 3 heterocycles. The second-order valence-corrected chi connectivity index (χ2v) is 10.9. The Morgan fingerprint density at radius 2 is 1.82 bits per heavy atom. The van der Waals surface area contributed by atoms with Crippen LogP contribution in [0.3, 0.4) is 0 Å². The minimum absolute atomic E-state index is 0.116. The Balaban J connectivity index is 1.28. The predicted octanol–water partition coefficient (Wildman–Crippen LogP) is 6.83. The van der Waals surface area contributed by atoms with E-state index in [0.717, 1.165) is 24.9 Å². The third-order valence-corrected chi connectivity index (χ3v) is 7.78. The van der Waals surface area contributed by atoms with Crippen LogP contribution in [0.25, 0.3) is 22.0 Å². The molecule has 12 heteroatoms. The Morgan fingerprint density at radius 3 is 2.58 bits per heavy atom. The molecule has 45 heavy (non-hydrogen) atoms. The lowest BCUT2D eigenvalue weighted by atomic mass is 10.1. The number of benzene rings is 3. The van der Waals surface area contributed by atoms with E-state index < -0.39 is 11.7 Å². The van der Waals surface area contributed by atoms with Gasteiger partial charge in [-0.2, -0.15) is 0 Å². The summed E-state index contributed by atoms with van der Waals surface area (Å²) in [6.45, 7) is 4.58. The van der Waals surface area contributed by atoms with Crippen LogP contribution in [0.15, 0.2) is 65.1 Å². The van der Waals surface area contributed by atoms with Gasteiger partial charge in [0.2, 0.25) is 0 Å². The number of nitrogens with zero attached hydrogens (tertiary/aromatic N) is 4. The number of aryl methyl sites for hydroxylation is 2. The number of likely N-dealkylation sites (N-methyl/N-ethyl adjacent to an activating group) is 1. The quantitative estimate of drug-likeness (QED) is 0.171. The van der Waals surface area contributed by atoms with E-state index in [-0.39, 0.29) is 11.7 Å². The van der Waals surface area contributed by atoms with Crippen LogP contribution in [0.1, 0.15) is 24.3 Å². The maximum Gasteiger partial charge on any atom is 0.284 e. The maximum atomic E-state index is 14.9. The van der Waals surface area contributed by atoms with Crippen LogP contribution >= 0.6 is 0 Å². The van der Waals surface area contributed by atoms with Crippen molar-refractivity contribution in [3.8, 4) is 23.0 Å². The number of rotatable bonds is 9. The van der Waals surface area contributed by atoms with Crippen LogP contribution in [0.2, 0.25) is 0 Å². The summed E-state index contributed by atoms with van der Waals surface area (Å²) in [5.74, 6) is 1.36. The van der Waals surface area contributed by atoms with E-state index in [1.165, 1.54) is 19.5 Å². The highest BCUT2D eigenvalue weighted by Crippen LogP contribution is 2.39. The average molecular weight is 613 g/mol. The summed E-state index contributed by atoms with van der Waals surface area (Å²) in [6.07, 6.45) is 4.54. The van der Waals surface area contributed by atoms with Crippen molar-refractivity contribution < 1.29 is 27.8 Å². The summed E-state index contributed by atoms with van der Waals surface area (Å²) in [7, 11) is 4.95. The molecule has 0 bridgehead atoms. The van der Waals surface area contributed by atoms with Crippen molar-refractivity contribution in [3.63, 3.8) is 0 Å². The highest BCUT2D eigenvalue weighted by atomic mass is 19.1. The molecule has 1 aliphatic rings. The van der Waals surface area contributed by atoms with Crippen molar-refractivity contribution in [2.45, 2.75) is 32.7 Å². The van der Waals surface area contributed by atoms with E-state index >= 15 is 0 Å². The van der Waals surface area contributed by atoms with Gasteiger partial charge in [0.05, 0.1) is 31.1 Å². The number of methoxy groups -OCH3 is 2. The van der Waals surface area contributed by atoms with Crippen LogP contribution in [0.4, 0.5) is 21.6 Å². The molecule has 0 aliphatic carbocycles. The van der Waals surface area contributed by atoms with Crippen LogP contribution in [-0.2, 0) is 4.79 Å². The highest BCUT2D eigenvalue weighted by molar-refractivity contribution is 6.05. The fourth-order valence-electron chi connectivity index (χ4n) is 5.41. The maximum absolute atomic E-state index is 14.9. The SMILES string of the molecule is COc1cc2ncnc(Nc3cc(C)c(Oc4ccc5oc(C)nc5c4)cc3OC)c2cc1NC(=O)/C(F)=C/C1CCCN1C. The number of carbonyl (C=O) groups is 1. The summed E-state index contributed by atoms with van der Waals surface area (Å²) < 4.78 is 37.8. The highest BCUT2D eigenvalue weighted by Gasteiger charge is 2.22. The molecule has 1 atom stereocenters. The molecule has 1 saturated heterocycles. The summed E-state index contributed by atoms with van der Waals surface area (Å²) in [4.78, 5) is 28.0. The molecule has 5 aromatic rings. The molecule has 11 nitrogen and oxygen atoms in total. The van der Waals surface area contributed by atoms with Crippen LogP contribution in [0, 0.1) is 13.8 Å². The van der Waals surface area contributed by atoms with Gasteiger partial charge in [-0.25, -0.2) is 19.3 Å². The average Bonchev–Trinajstić information content (AvgIpc) is 3.61. The van der Waals surface area contributed by atoms with Gasteiger partial charge in [-0.15, -0.1) is 0 Å². The number of fused-ring (bicyclic) bond motifs is 2. The number of aromatic nitrogens is 3. The first kappa shape index (κ1) is 29.8. The molecule has 0 radical (unpaired) electrons. The van der Waals surface area contributed by atoms with Crippen LogP contribution < -0.4 is 24.8 Å². The van der Waals surface area contributed by atoms with Gasteiger partial charge in [0.15, 0.2) is 17.3 Å². The lowest BCUT2D eigenvalue weighted by molar-refractivity contribution is -0.114. The molecule has 232 valence electrons. The Kier molecular flexibility index (Phi) is 8.22.